The molecule has 6 heteroatoms. The molecule has 1 aliphatic rings. The molecule has 0 aliphatic carbocycles. The molecule has 0 unspecified atom stereocenters. The number of amides is 4. The minimum atomic E-state index is -0.677. The van der Waals surface area contributed by atoms with Crippen LogP contribution in [0.25, 0.3) is 6.08 Å². The SMILES string of the molecule is O=C1C(=Cc2ccc[se]2)C(=O)N(c2ccccc2)C(=O)N1c1ccccc1. The normalized spacial score (nSPS) is 14.7. The summed E-state index contributed by atoms with van der Waals surface area (Å²) in [5.41, 5.74) is 0.839. The number of hydrogen-bond acceptors (Lipinski definition) is 3. The van der Waals surface area contributed by atoms with Crippen molar-refractivity contribution in [1.82, 2.24) is 0 Å². The molecule has 1 aromatic heterocycles. The molecule has 2 aromatic carbocycles. The van der Waals surface area contributed by atoms with Crippen LogP contribution in [0.3, 0.4) is 0 Å². The van der Waals surface area contributed by atoms with Crippen molar-refractivity contribution in [3.05, 3.63) is 87.7 Å². The van der Waals surface area contributed by atoms with Gasteiger partial charge >= 0.3 is 162 Å². The van der Waals surface area contributed by atoms with E-state index < -0.39 is 17.8 Å². The van der Waals surface area contributed by atoms with Gasteiger partial charge in [0.2, 0.25) is 0 Å². The standard InChI is InChI=1S/C21H14N2O3Se/c24-19-18(14-17-12-7-13-27-17)20(25)23(16-10-5-2-6-11-16)21(26)22(19)15-8-3-1-4-9-15/h1-14H. The average molecular weight is 421 g/mol. The zero-order valence-electron chi connectivity index (χ0n) is 14.1. The molecular formula is C21H14N2O3Se. The van der Waals surface area contributed by atoms with Crippen molar-refractivity contribution in [2.75, 3.05) is 9.80 Å². The van der Waals surface area contributed by atoms with Crippen LogP contribution in [0.5, 0.6) is 0 Å². The summed E-state index contributed by atoms with van der Waals surface area (Å²) in [7, 11) is 0. The van der Waals surface area contributed by atoms with E-state index in [1.54, 1.807) is 66.7 Å². The van der Waals surface area contributed by atoms with Gasteiger partial charge in [-0.1, -0.05) is 0 Å². The number of anilines is 2. The van der Waals surface area contributed by atoms with Crippen molar-refractivity contribution in [2.24, 2.45) is 0 Å². The molecule has 5 nitrogen and oxygen atoms in total. The Morgan fingerprint density at radius 1 is 0.667 bits per heavy atom. The number of rotatable bonds is 3. The summed E-state index contributed by atoms with van der Waals surface area (Å²) < 4.78 is 0.912. The molecule has 0 radical (unpaired) electrons. The molecule has 2 heterocycles. The zero-order valence-corrected chi connectivity index (χ0v) is 15.8. The number of imide groups is 2. The van der Waals surface area contributed by atoms with E-state index in [-0.39, 0.29) is 20.1 Å². The summed E-state index contributed by atoms with van der Waals surface area (Å²) in [5.74, 6) is -1.21. The summed E-state index contributed by atoms with van der Waals surface area (Å²) in [6, 6.07) is 20.4. The first-order chi connectivity index (χ1) is 13.2. The molecule has 4 amide bonds. The van der Waals surface area contributed by atoms with Crippen LogP contribution in [0.1, 0.15) is 4.44 Å². The van der Waals surface area contributed by atoms with Gasteiger partial charge in [-0.05, 0) is 0 Å². The number of nitrogens with zero attached hydrogens (tertiary/aromatic N) is 2. The predicted molar refractivity (Wildman–Crippen MR) is 105 cm³/mol. The molecule has 0 atom stereocenters. The van der Waals surface area contributed by atoms with Crippen LogP contribution in [0, 0.1) is 0 Å². The van der Waals surface area contributed by atoms with Gasteiger partial charge in [-0.15, -0.1) is 0 Å². The number of urea groups is 1. The first-order valence-electron chi connectivity index (χ1n) is 8.25. The van der Waals surface area contributed by atoms with E-state index in [1.807, 2.05) is 17.1 Å². The van der Waals surface area contributed by atoms with Crippen molar-refractivity contribution < 1.29 is 14.4 Å². The van der Waals surface area contributed by atoms with Gasteiger partial charge in [0.25, 0.3) is 0 Å². The van der Waals surface area contributed by atoms with Gasteiger partial charge in [-0.2, -0.15) is 0 Å². The Morgan fingerprint density at radius 3 is 1.63 bits per heavy atom. The first-order valence-corrected chi connectivity index (χ1v) is 10.1. The van der Waals surface area contributed by atoms with Crippen LogP contribution in [0.4, 0.5) is 16.2 Å². The number of barbiturate groups is 1. The van der Waals surface area contributed by atoms with Gasteiger partial charge in [0.1, 0.15) is 0 Å². The fourth-order valence-electron chi connectivity index (χ4n) is 2.85. The summed E-state index contributed by atoms with van der Waals surface area (Å²) in [6.07, 6.45) is 1.60. The van der Waals surface area contributed by atoms with E-state index >= 15 is 0 Å². The number of benzene rings is 2. The second kappa shape index (κ2) is 7.19. The number of carbonyl (C=O) groups is 3. The van der Waals surface area contributed by atoms with Gasteiger partial charge in [-0.25, -0.2) is 0 Å². The van der Waals surface area contributed by atoms with Gasteiger partial charge in [0.15, 0.2) is 0 Å². The van der Waals surface area contributed by atoms with E-state index in [2.05, 4.69) is 0 Å². The van der Waals surface area contributed by atoms with E-state index in [1.165, 1.54) is 0 Å². The van der Waals surface area contributed by atoms with Gasteiger partial charge in [-0.3, -0.25) is 0 Å². The third-order valence-electron chi connectivity index (χ3n) is 4.11. The maximum atomic E-state index is 13.1. The molecule has 132 valence electrons. The van der Waals surface area contributed by atoms with Crippen LogP contribution in [-0.2, 0) is 9.59 Å². The van der Waals surface area contributed by atoms with Crippen molar-refractivity contribution in [3.63, 3.8) is 0 Å². The minimum absolute atomic E-state index is 0.0147. The summed E-state index contributed by atoms with van der Waals surface area (Å²) in [5, 5.41) is 0. The van der Waals surface area contributed by atoms with Gasteiger partial charge in [0, 0.05) is 0 Å². The third kappa shape index (κ3) is 3.16. The molecule has 1 fully saturated rings. The van der Waals surface area contributed by atoms with Crippen LogP contribution < -0.4 is 9.80 Å². The summed E-state index contributed by atoms with van der Waals surface area (Å²) in [4.78, 5) is 43.3. The monoisotopic (exact) mass is 422 g/mol. The van der Waals surface area contributed by atoms with E-state index in [0.29, 0.717) is 11.4 Å². The van der Waals surface area contributed by atoms with Crippen molar-refractivity contribution in [2.45, 2.75) is 0 Å². The van der Waals surface area contributed by atoms with Crippen molar-refractivity contribution >= 4 is 49.8 Å². The third-order valence-corrected chi connectivity index (χ3v) is 5.83. The molecule has 0 bridgehead atoms. The Kier molecular flexibility index (Phi) is 4.59. The molecule has 4 rings (SSSR count). The van der Waals surface area contributed by atoms with Gasteiger partial charge < -0.3 is 0 Å². The van der Waals surface area contributed by atoms with Crippen molar-refractivity contribution in [1.29, 1.82) is 0 Å². The Balaban J connectivity index is 1.87. The molecule has 3 aromatic rings. The second-order valence-corrected chi connectivity index (χ2v) is 7.86. The molecule has 1 aliphatic heterocycles. The number of hydrogen-bond donors (Lipinski definition) is 0. The van der Waals surface area contributed by atoms with Crippen LogP contribution in [0.15, 0.2) is 83.3 Å². The number of para-hydroxylation sites is 2. The Labute approximate surface area is 161 Å². The molecule has 0 N–H and O–H groups in total. The van der Waals surface area contributed by atoms with Crippen LogP contribution in [0.2, 0.25) is 0 Å². The quantitative estimate of drug-likeness (QED) is 0.370. The predicted octanol–water partition coefficient (Wildman–Crippen LogP) is 3.33. The molecule has 0 spiro atoms. The zero-order chi connectivity index (χ0) is 18.8. The first kappa shape index (κ1) is 17.2. The van der Waals surface area contributed by atoms with Crippen LogP contribution >= 0.6 is 0 Å². The summed E-state index contributed by atoms with van der Waals surface area (Å²) >= 11 is 0.0736. The van der Waals surface area contributed by atoms with Gasteiger partial charge in [0.05, 0.1) is 0 Å². The Bertz CT molecular complexity index is 964. The van der Waals surface area contributed by atoms with E-state index in [4.69, 9.17) is 0 Å². The fourth-order valence-corrected chi connectivity index (χ4v) is 4.23. The van der Waals surface area contributed by atoms with E-state index in [9.17, 15) is 14.4 Å². The average Bonchev–Trinajstić information content (AvgIpc) is 3.20. The Hall–Kier alpha value is -3.21. The van der Waals surface area contributed by atoms with Crippen LogP contribution in [-0.4, -0.2) is 32.3 Å². The maximum absolute atomic E-state index is 13.1. The molecular weight excluding hydrogens is 407 g/mol. The topological polar surface area (TPSA) is 57.7 Å². The molecule has 0 saturated carbocycles. The fraction of sp³-hybridized carbons (Fsp3) is 0. The summed E-state index contributed by atoms with van der Waals surface area (Å²) in [6.45, 7) is 0. The molecule has 1 saturated heterocycles. The number of carbonyl (C=O) groups excluding carboxylic acids is 3. The second-order valence-electron chi connectivity index (χ2n) is 5.81. The van der Waals surface area contributed by atoms with Crippen molar-refractivity contribution in [3.8, 4) is 0 Å². The Morgan fingerprint density at radius 2 is 1.19 bits per heavy atom. The van der Waals surface area contributed by atoms with E-state index in [0.717, 1.165) is 14.2 Å². The molecule has 27 heavy (non-hydrogen) atoms.